The monoisotopic (exact) mass is 334 g/mol. The Balaban J connectivity index is 2.39. The van der Waals surface area contributed by atoms with Gasteiger partial charge in [0.1, 0.15) is 0 Å². The van der Waals surface area contributed by atoms with Crippen molar-refractivity contribution in [3.05, 3.63) is 36.0 Å². The van der Waals surface area contributed by atoms with E-state index in [0.29, 0.717) is 12.8 Å². The number of hydrogen-bond donors (Lipinski definition) is 2. The molecule has 0 fully saturated rings. The van der Waals surface area contributed by atoms with Gasteiger partial charge in [-0.2, -0.15) is 0 Å². The highest BCUT2D eigenvalue weighted by molar-refractivity contribution is 6.07. The van der Waals surface area contributed by atoms with Gasteiger partial charge in [0, 0.05) is 17.9 Å². The van der Waals surface area contributed by atoms with Gasteiger partial charge in [0.25, 0.3) is 0 Å². The standard InChI is InChI=1S/C20H30O4/c1-2-3-6-10-17(21)13-14-18-16(12-15-19(18)22)9-7-4-5-8-11-20(23)24/h4,7,12,14-17,21H,2-3,5-6,8-11,13H2,1H3,(H,23,24)/b7-4+,18-14-. The van der Waals surface area contributed by atoms with E-state index in [-0.39, 0.29) is 24.2 Å². The molecule has 0 aromatic carbocycles. The molecule has 0 aromatic heterocycles. The van der Waals surface area contributed by atoms with Gasteiger partial charge >= 0.3 is 5.97 Å². The van der Waals surface area contributed by atoms with Crippen LogP contribution in [0.3, 0.4) is 0 Å². The second-order valence-corrected chi connectivity index (χ2v) is 6.37. The Kier molecular flexibility index (Phi) is 10.0. The molecule has 4 nitrogen and oxygen atoms in total. The predicted octanol–water partition coefficient (Wildman–Crippen LogP) is 4.20. The van der Waals surface area contributed by atoms with Crippen molar-refractivity contribution >= 4 is 11.8 Å². The molecule has 0 spiro atoms. The largest absolute Gasteiger partial charge is 0.481 e. The molecule has 24 heavy (non-hydrogen) atoms. The highest BCUT2D eigenvalue weighted by Crippen LogP contribution is 2.26. The number of carbonyl (C=O) groups is 2. The fourth-order valence-corrected chi connectivity index (χ4v) is 2.79. The van der Waals surface area contributed by atoms with Crippen LogP contribution in [0, 0.1) is 5.92 Å². The van der Waals surface area contributed by atoms with E-state index in [0.717, 1.165) is 44.1 Å². The van der Waals surface area contributed by atoms with E-state index in [2.05, 4.69) is 6.92 Å². The number of carbonyl (C=O) groups excluding carboxylic acids is 1. The van der Waals surface area contributed by atoms with Crippen molar-refractivity contribution in [2.45, 2.75) is 70.8 Å². The molecule has 134 valence electrons. The lowest BCUT2D eigenvalue weighted by Gasteiger charge is -2.11. The van der Waals surface area contributed by atoms with Crippen LogP contribution in [0.5, 0.6) is 0 Å². The molecule has 0 saturated heterocycles. The number of carboxylic acids is 1. The summed E-state index contributed by atoms with van der Waals surface area (Å²) in [4.78, 5) is 22.4. The Morgan fingerprint density at radius 1 is 1.29 bits per heavy atom. The van der Waals surface area contributed by atoms with Crippen LogP contribution in [0.1, 0.15) is 64.7 Å². The third kappa shape index (κ3) is 8.25. The van der Waals surface area contributed by atoms with Crippen molar-refractivity contribution in [2.24, 2.45) is 5.92 Å². The molecule has 0 aliphatic heterocycles. The van der Waals surface area contributed by atoms with Gasteiger partial charge in [-0.25, -0.2) is 0 Å². The lowest BCUT2D eigenvalue weighted by Crippen LogP contribution is -2.08. The number of rotatable bonds is 12. The summed E-state index contributed by atoms with van der Waals surface area (Å²) in [5.74, 6) is -0.647. The molecule has 0 saturated carbocycles. The van der Waals surface area contributed by atoms with Gasteiger partial charge in [0.15, 0.2) is 5.78 Å². The summed E-state index contributed by atoms with van der Waals surface area (Å²) in [7, 11) is 0. The first-order valence-corrected chi connectivity index (χ1v) is 9.02. The lowest BCUT2D eigenvalue weighted by atomic mass is 9.95. The van der Waals surface area contributed by atoms with Gasteiger partial charge in [0.2, 0.25) is 0 Å². The molecule has 0 amide bonds. The number of ketones is 1. The topological polar surface area (TPSA) is 74.6 Å². The molecular weight excluding hydrogens is 304 g/mol. The maximum Gasteiger partial charge on any atom is 0.303 e. The van der Waals surface area contributed by atoms with E-state index < -0.39 is 5.97 Å². The van der Waals surface area contributed by atoms with Gasteiger partial charge < -0.3 is 10.2 Å². The number of allylic oxidation sites excluding steroid dienone is 5. The summed E-state index contributed by atoms with van der Waals surface area (Å²) in [5, 5.41) is 18.6. The van der Waals surface area contributed by atoms with E-state index in [1.54, 1.807) is 6.08 Å². The van der Waals surface area contributed by atoms with Crippen LogP contribution in [0.4, 0.5) is 0 Å². The van der Waals surface area contributed by atoms with Gasteiger partial charge in [-0.3, -0.25) is 9.59 Å². The normalized spacial score (nSPS) is 20.3. The van der Waals surface area contributed by atoms with Crippen molar-refractivity contribution in [3.63, 3.8) is 0 Å². The molecule has 1 aliphatic carbocycles. The van der Waals surface area contributed by atoms with E-state index in [1.165, 1.54) is 0 Å². The predicted molar refractivity (Wildman–Crippen MR) is 95.7 cm³/mol. The minimum Gasteiger partial charge on any atom is -0.481 e. The number of aliphatic hydroxyl groups is 1. The van der Waals surface area contributed by atoms with Crippen molar-refractivity contribution < 1.29 is 19.8 Å². The van der Waals surface area contributed by atoms with Gasteiger partial charge in [-0.15, -0.1) is 0 Å². The van der Waals surface area contributed by atoms with E-state index in [4.69, 9.17) is 5.11 Å². The van der Waals surface area contributed by atoms with Gasteiger partial charge in [-0.05, 0) is 38.2 Å². The molecule has 2 N–H and O–H groups in total. The number of aliphatic carboxylic acids is 1. The second-order valence-electron chi connectivity index (χ2n) is 6.37. The first-order valence-electron chi connectivity index (χ1n) is 9.02. The molecule has 0 radical (unpaired) electrons. The number of aliphatic hydroxyl groups excluding tert-OH is 1. The van der Waals surface area contributed by atoms with Crippen LogP contribution in [-0.2, 0) is 9.59 Å². The average Bonchev–Trinajstić information content (AvgIpc) is 2.89. The van der Waals surface area contributed by atoms with Crippen LogP contribution >= 0.6 is 0 Å². The van der Waals surface area contributed by atoms with Crippen LogP contribution in [0.15, 0.2) is 36.0 Å². The molecule has 0 bridgehead atoms. The zero-order chi connectivity index (χ0) is 17.8. The van der Waals surface area contributed by atoms with Gasteiger partial charge in [0.05, 0.1) is 6.10 Å². The highest BCUT2D eigenvalue weighted by Gasteiger charge is 2.21. The number of hydrogen-bond acceptors (Lipinski definition) is 3. The van der Waals surface area contributed by atoms with E-state index in [1.807, 2.05) is 24.3 Å². The zero-order valence-electron chi connectivity index (χ0n) is 14.6. The molecule has 2 atom stereocenters. The zero-order valence-corrected chi connectivity index (χ0v) is 14.6. The quantitative estimate of drug-likeness (QED) is 0.319. The molecule has 1 aliphatic rings. The van der Waals surface area contributed by atoms with Crippen LogP contribution < -0.4 is 0 Å². The van der Waals surface area contributed by atoms with Crippen LogP contribution in [0.25, 0.3) is 0 Å². The maximum atomic E-state index is 11.9. The minimum atomic E-state index is -0.768. The molecule has 4 heteroatoms. The SMILES string of the molecule is CCCCCC(O)C/C=C1\C(=O)C=CC1C/C=C/CCCC(=O)O. The summed E-state index contributed by atoms with van der Waals surface area (Å²) in [5.41, 5.74) is 0.778. The number of unbranched alkanes of at least 4 members (excludes halogenated alkanes) is 3. The second kappa shape index (κ2) is 11.8. The fourth-order valence-electron chi connectivity index (χ4n) is 2.79. The van der Waals surface area contributed by atoms with Crippen molar-refractivity contribution in [1.82, 2.24) is 0 Å². The Morgan fingerprint density at radius 2 is 2.08 bits per heavy atom. The third-order valence-electron chi connectivity index (χ3n) is 4.23. The van der Waals surface area contributed by atoms with Crippen LogP contribution in [0.2, 0.25) is 0 Å². The average molecular weight is 334 g/mol. The fraction of sp³-hybridized carbons (Fsp3) is 0.600. The lowest BCUT2D eigenvalue weighted by molar-refractivity contribution is -0.137. The van der Waals surface area contributed by atoms with Crippen LogP contribution in [-0.4, -0.2) is 28.1 Å². The van der Waals surface area contributed by atoms with E-state index >= 15 is 0 Å². The molecule has 0 heterocycles. The molecular formula is C20H30O4. The first-order chi connectivity index (χ1) is 11.5. The van der Waals surface area contributed by atoms with Gasteiger partial charge in [-0.1, -0.05) is 50.5 Å². The summed E-state index contributed by atoms with van der Waals surface area (Å²) in [6.45, 7) is 2.14. The Morgan fingerprint density at radius 3 is 2.79 bits per heavy atom. The smallest absolute Gasteiger partial charge is 0.303 e. The minimum absolute atomic E-state index is 0.0417. The third-order valence-corrected chi connectivity index (χ3v) is 4.23. The highest BCUT2D eigenvalue weighted by atomic mass is 16.4. The van der Waals surface area contributed by atoms with E-state index in [9.17, 15) is 14.7 Å². The Labute approximate surface area is 145 Å². The molecule has 0 aromatic rings. The summed E-state index contributed by atoms with van der Waals surface area (Å²) >= 11 is 0. The molecule has 1 rings (SSSR count). The maximum absolute atomic E-state index is 11.9. The van der Waals surface area contributed by atoms with Crippen molar-refractivity contribution in [3.8, 4) is 0 Å². The Hall–Kier alpha value is -1.68. The number of carboxylic acid groups (broad SMARTS) is 1. The Bertz CT molecular complexity index is 488. The van der Waals surface area contributed by atoms with Crippen molar-refractivity contribution in [2.75, 3.05) is 0 Å². The summed E-state index contributed by atoms with van der Waals surface area (Å²) in [6.07, 6.45) is 16.0. The summed E-state index contributed by atoms with van der Waals surface area (Å²) < 4.78 is 0. The summed E-state index contributed by atoms with van der Waals surface area (Å²) in [6, 6.07) is 0. The van der Waals surface area contributed by atoms with Crippen molar-refractivity contribution in [1.29, 1.82) is 0 Å². The first kappa shape index (κ1) is 20.4. The molecule has 2 unspecified atom stereocenters.